The second kappa shape index (κ2) is 5.55. The number of halogens is 1. The van der Waals surface area contributed by atoms with Crippen LogP contribution in [0.3, 0.4) is 0 Å². The Morgan fingerprint density at radius 2 is 2.46 bits per heavy atom. The lowest BCUT2D eigenvalue weighted by atomic mass is 10.5. The van der Waals surface area contributed by atoms with Crippen LogP contribution >= 0.6 is 12.4 Å². The van der Waals surface area contributed by atoms with Gasteiger partial charge in [-0.15, -0.1) is 12.4 Å². The summed E-state index contributed by atoms with van der Waals surface area (Å²) in [5.41, 5.74) is 5.14. The van der Waals surface area contributed by atoms with E-state index in [1.54, 1.807) is 16.9 Å². The first-order chi connectivity index (χ1) is 5.77. The van der Waals surface area contributed by atoms with Gasteiger partial charge < -0.3 is 11.1 Å². The van der Waals surface area contributed by atoms with Gasteiger partial charge in [-0.1, -0.05) is 0 Å². The number of hydrogen-bond donors (Lipinski definition) is 2. The number of amides is 1. The molecule has 0 unspecified atom stereocenters. The minimum Gasteiger partial charge on any atom is -0.322 e. The van der Waals surface area contributed by atoms with Crippen LogP contribution in [-0.2, 0) is 11.3 Å². The smallest absolute Gasteiger partial charge is 0.239 e. The fraction of sp³-hybridized carbons (Fsp3) is 0.429. The second-order valence-corrected chi connectivity index (χ2v) is 2.28. The Labute approximate surface area is 82.7 Å². The van der Waals surface area contributed by atoms with Crippen LogP contribution in [0.5, 0.6) is 0 Å². The van der Waals surface area contributed by atoms with E-state index in [2.05, 4.69) is 10.4 Å². The van der Waals surface area contributed by atoms with Gasteiger partial charge in [0.25, 0.3) is 0 Å². The molecule has 0 aromatic carbocycles. The number of hydrogen-bond acceptors (Lipinski definition) is 3. The molecule has 0 bridgehead atoms. The van der Waals surface area contributed by atoms with Crippen LogP contribution < -0.4 is 11.1 Å². The lowest BCUT2D eigenvalue weighted by molar-refractivity contribution is -0.114. The summed E-state index contributed by atoms with van der Waals surface area (Å²) in [4.78, 5) is 10.9. The van der Waals surface area contributed by atoms with Gasteiger partial charge in [0.05, 0.1) is 12.7 Å². The first-order valence-electron chi connectivity index (χ1n) is 3.79. The van der Waals surface area contributed by atoms with E-state index >= 15 is 0 Å². The number of nitrogens with zero attached hydrogens (tertiary/aromatic N) is 2. The molecule has 0 saturated heterocycles. The highest BCUT2D eigenvalue weighted by atomic mass is 35.5. The zero-order valence-electron chi connectivity index (χ0n) is 7.36. The summed E-state index contributed by atoms with van der Waals surface area (Å²) in [5, 5.41) is 6.61. The fourth-order valence-electron chi connectivity index (χ4n) is 0.885. The molecular formula is C7H13ClN4O. The molecule has 0 aliphatic rings. The lowest BCUT2D eigenvalue weighted by Crippen LogP contribution is -2.23. The summed E-state index contributed by atoms with van der Waals surface area (Å²) >= 11 is 0. The van der Waals surface area contributed by atoms with E-state index in [-0.39, 0.29) is 24.9 Å². The first kappa shape index (κ1) is 11.9. The summed E-state index contributed by atoms with van der Waals surface area (Å²) in [6, 6.07) is 1.73. The predicted octanol–water partition coefficient (Wildman–Crippen LogP) is 0.222. The van der Waals surface area contributed by atoms with Crippen molar-refractivity contribution >= 4 is 24.1 Å². The topological polar surface area (TPSA) is 72.9 Å². The Morgan fingerprint density at radius 1 is 1.77 bits per heavy atom. The van der Waals surface area contributed by atoms with Crippen LogP contribution in [0.25, 0.3) is 0 Å². The zero-order valence-corrected chi connectivity index (χ0v) is 8.17. The van der Waals surface area contributed by atoms with Crippen LogP contribution in [0.4, 0.5) is 5.82 Å². The molecule has 1 aromatic heterocycles. The van der Waals surface area contributed by atoms with Crippen LogP contribution in [0.15, 0.2) is 12.3 Å². The zero-order chi connectivity index (χ0) is 8.97. The highest BCUT2D eigenvalue weighted by Crippen LogP contribution is 2.04. The molecule has 3 N–H and O–H groups in total. The van der Waals surface area contributed by atoms with Gasteiger partial charge in [0, 0.05) is 12.6 Å². The summed E-state index contributed by atoms with van der Waals surface area (Å²) in [6.45, 7) is 2.67. The van der Waals surface area contributed by atoms with Gasteiger partial charge in [-0.2, -0.15) is 5.10 Å². The van der Waals surface area contributed by atoms with Crippen LogP contribution in [0.1, 0.15) is 6.92 Å². The van der Waals surface area contributed by atoms with E-state index in [1.807, 2.05) is 6.92 Å². The highest BCUT2D eigenvalue weighted by Gasteiger charge is 2.02. The van der Waals surface area contributed by atoms with Crippen molar-refractivity contribution in [3.8, 4) is 0 Å². The monoisotopic (exact) mass is 204 g/mol. The third-order valence-electron chi connectivity index (χ3n) is 1.47. The third kappa shape index (κ3) is 3.04. The number of aryl methyl sites for hydroxylation is 1. The molecule has 74 valence electrons. The van der Waals surface area contributed by atoms with Gasteiger partial charge in [0.2, 0.25) is 5.91 Å². The quantitative estimate of drug-likeness (QED) is 0.740. The average Bonchev–Trinajstić information content (AvgIpc) is 2.51. The SMILES string of the molecule is CCn1nccc1NC(=O)CN.Cl. The minimum absolute atomic E-state index is 0. The van der Waals surface area contributed by atoms with Gasteiger partial charge in [-0.25, -0.2) is 4.68 Å². The highest BCUT2D eigenvalue weighted by molar-refractivity contribution is 5.91. The summed E-state index contributed by atoms with van der Waals surface area (Å²) < 4.78 is 1.69. The molecule has 13 heavy (non-hydrogen) atoms. The number of anilines is 1. The maximum absolute atomic E-state index is 10.9. The Morgan fingerprint density at radius 3 is 3.00 bits per heavy atom. The lowest BCUT2D eigenvalue weighted by Gasteiger charge is -2.04. The van der Waals surface area contributed by atoms with Gasteiger partial charge in [-0.3, -0.25) is 4.79 Å². The van der Waals surface area contributed by atoms with Crippen molar-refractivity contribution < 1.29 is 4.79 Å². The number of carbonyl (C=O) groups excluding carboxylic acids is 1. The molecule has 1 amide bonds. The van der Waals surface area contributed by atoms with Crippen LogP contribution in [0.2, 0.25) is 0 Å². The molecule has 0 fully saturated rings. The number of nitrogens with two attached hydrogens (primary N) is 1. The minimum atomic E-state index is -0.204. The third-order valence-corrected chi connectivity index (χ3v) is 1.47. The first-order valence-corrected chi connectivity index (χ1v) is 3.79. The maximum atomic E-state index is 10.9. The molecule has 1 rings (SSSR count). The summed E-state index contributed by atoms with van der Waals surface area (Å²) in [5.74, 6) is 0.484. The normalized spacial score (nSPS) is 9.08. The molecule has 6 heteroatoms. The van der Waals surface area contributed by atoms with E-state index in [9.17, 15) is 4.79 Å². The Balaban J connectivity index is 0.00000144. The Kier molecular flexibility index (Phi) is 5.10. The Bertz CT molecular complexity index is 273. The molecule has 1 heterocycles. The molecule has 0 radical (unpaired) electrons. The molecule has 1 aromatic rings. The van der Waals surface area contributed by atoms with Crippen molar-refractivity contribution in [2.24, 2.45) is 5.73 Å². The molecular weight excluding hydrogens is 192 g/mol. The molecule has 0 aliphatic carbocycles. The van der Waals surface area contributed by atoms with E-state index in [0.29, 0.717) is 5.82 Å². The van der Waals surface area contributed by atoms with Crippen molar-refractivity contribution in [1.29, 1.82) is 0 Å². The number of aromatic nitrogens is 2. The molecule has 5 nitrogen and oxygen atoms in total. The fourth-order valence-corrected chi connectivity index (χ4v) is 0.885. The van der Waals surface area contributed by atoms with Crippen molar-refractivity contribution in [2.75, 3.05) is 11.9 Å². The average molecular weight is 205 g/mol. The standard InChI is InChI=1S/C7H12N4O.ClH/c1-2-11-6(3-4-9-11)10-7(12)5-8;/h3-4H,2,5,8H2,1H3,(H,10,12);1H. The predicted molar refractivity (Wildman–Crippen MR) is 52.8 cm³/mol. The largest absolute Gasteiger partial charge is 0.322 e. The molecule has 0 spiro atoms. The van der Waals surface area contributed by atoms with E-state index in [0.717, 1.165) is 6.54 Å². The number of carbonyl (C=O) groups is 1. The van der Waals surface area contributed by atoms with Crippen molar-refractivity contribution in [3.63, 3.8) is 0 Å². The number of nitrogens with one attached hydrogen (secondary N) is 1. The summed E-state index contributed by atoms with van der Waals surface area (Å²) in [7, 11) is 0. The second-order valence-electron chi connectivity index (χ2n) is 2.28. The van der Waals surface area contributed by atoms with Gasteiger partial charge in [0.15, 0.2) is 0 Å². The van der Waals surface area contributed by atoms with Crippen molar-refractivity contribution in [3.05, 3.63) is 12.3 Å². The molecule has 0 aliphatic heterocycles. The summed E-state index contributed by atoms with van der Waals surface area (Å²) in [6.07, 6.45) is 1.63. The van der Waals surface area contributed by atoms with Crippen LogP contribution in [0, 0.1) is 0 Å². The maximum Gasteiger partial charge on any atom is 0.239 e. The number of rotatable bonds is 3. The molecule has 0 atom stereocenters. The van der Waals surface area contributed by atoms with E-state index < -0.39 is 0 Å². The van der Waals surface area contributed by atoms with Gasteiger partial charge >= 0.3 is 0 Å². The van der Waals surface area contributed by atoms with E-state index in [1.165, 1.54) is 0 Å². The molecule has 0 saturated carbocycles. The van der Waals surface area contributed by atoms with E-state index in [4.69, 9.17) is 5.73 Å². The van der Waals surface area contributed by atoms with Crippen molar-refractivity contribution in [1.82, 2.24) is 9.78 Å². The van der Waals surface area contributed by atoms with Crippen molar-refractivity contribution in [2.45, 2.75) is 13.5 Å². The Hall–Kier alpha value is -1.07. The van der Waals surface area contributed by atoms with Gasteiger partial charge in [-0.05, 0) is 6.92 Å². The van der Waals surface area contributed by atoms with Gasteiger partial charge in [0.1, 0.15) is 5.82 Å². The van der Waals surface area contributed by atoms with Crippen LogP contribution in [-0.4, -0.2) is 22.2 Å².